The predicted molar refractivity (Wildman–Crippen MR) is 119 cm³/mol. The molecule has 1 amide bonds. The van der Waals surface area contributed by atoms with Gasteiger partial charge in [-0.05, 0) is 68.0 Å². The fourth-order valence-corrected chi connectivity index (χ4v) is 5.17. The topological polar surface area (TPSA) is 92.8 Å². The third kappa shape index (κ3) is 4.80. The number of carbonyl (C=O) groups is 2. The third-order valence-corrected chi connectivity index (χ3v) is 7.72. The monoisotopic (exact) mass is 444 g/mol. The predicted octanol–water partition coefficient (Wildman–Crippen LogP) is 3.76. The largest absolute Gasteiger partial charge is 0.465 e. The van der Waals surface area contributed by atoms with Crippen LogP contribution in [0.15, 0.2) is 41.3 Å². The van der Waals surface area contributed by atoms with E-state index in [1.165, 1.54) is 17.5 Å². The van der Waals surface area contributed by atoms with Crippen LogP contribution in [0, 0.1) is 19.8 Å². The molecule has 0 saturated carbocycles. The van der Waals surface area contributed by atoms with Crippen LogP contribution in [-0.4, -0.2) is 44.8 Å². The molecule has 0 aliphatic carbocycles. The van der Waals surface area contributed by atoms with Gasteiger partial charge in [-0.25, -0.2) is 13.2 Å². The van der Waals surface area contributed by atoms with Crippen LogP contribution in [0.2, 0.25) is 0 Å². The molecule has 1 aliphatic heterocycles. The minimum atomic E-state index is -3.67. The minimum Gasteiger partial charge on any atom is -0.465 e. The van der Waals surface area contributed by atoms with Gasteiger partial charge in [-0.2, -0.15) is 4.31 Å². The van der Waals surface area contributed by atoms with E-state index in [4.69, 9.17) is 4.74 Å². The van der Waals surface area contributed by atoms with E-state index >= 15 is 0 Å². The highest BCUT2D eigenvalue weighted by atomic mass is 32.2. The van der Waals surface area contributed by atoms with Crippen LogP contribution in [0.1, 0.15) is 51.6 Å². The first-order valence-electron chi connectivity index (χ1n) is 10.2. The number of benzene rings is 2. The van der Waals surface area contributed by atoms with E-state index in [0.29, 0.717) is 41.4 Å². The molecule has 1 saturated heterocycles. The Morgan fingerprint density at radius 2 is 1.74 bits per heavy atom. The summed E-state index contributed by atoms with van der Waals surface area (Å²) in [5, 5.41) is 2.80. The number of methoxy groups -OCH3 is 1. The average molecular weight is 445 g/mol. The van der Waals surface area contributed by atoms with Crippen LogP contribution in [-0.2, 0) is 14.8 Å². The summed E-state index contributed by atoms with van der Waals surface area (Å²) < 4.78 is 32.4. The molecule has 1 heterocycles. The molecule has 7 nitrogen and oxygen atoms in total. The van der Waals surface area contributed by atoms with Crippen molar-refractivity contribution in [3.63, 3.8) is 0 Å². The number of carbonyl (C=O) groups excluding carboxylic acids is 2. The Morgan fingerprint density at radius 3 is 2.39 bits per heavy atom. The molecule has 2 aromatic carbocycles. The molecule has 1 N–H and O–H groups in total. The first-order chi connectivity index (χ1) is 14.6. The van der Waals surface area contributed by atoms with Crippen LogP contribution >= 0.6 is 0 Å². The molecule has 8 heteroatoms. The summed E-state index contributed by atoms with van der Waals surface area (Å²) in [4.78, 5) is 25.0. The Bertz CT molecular complexity index is 1100. The van der Waals surface area contributed by atoms with E-state index in [1.807, 2.05) is 0 Å². The highest BCUT2D eigenvalue weighted by Gasteiger charge is 2.29. The molecule has 0 atom stereocenters. The van der Waals surface area contributed by atoms with E-state index in [-0.39, 0.29) is 10.5 Å². The Morgan fingerprint density at radius 1 is 1.06 bits per heavy atom. The molecule has 0 aromatic heterocycles. The lowest BCUT2D eigenvalue weighted by Gasteiger charge is -2.29. The quantitative estimate of drug-likeness (QED) is 0.709. The van der Waals surface area contributed by atoms with Crippen molar-refractivity contribution < 1.29 is 22.7 Å². The maximum atomic E-state index is 13.1. The highest BCUT2D eigenvalue weighted by Crippen LogP contribution is 2.26. The molecule has 0 radical (unpaired) electrons. The summed E-state index contributed by atoms with van der Waals surface area (Å²) in [6, 6.07) is 9.57. The van der Waals surface area contributed by atoms with Crippen molar-refractivity contribution in [2.75, 3.05) is 25.5 Å². The molecule has 1 fully saturated rings. The zero-order valence-corrected chi connectivity index (χ0v) is 19.1. The number of hydrogen-bond acceptors (Lipinski definition) is 5. The van der Waals surface area contributed by atoms with Crippen LogP contribution in [0.25, 0.3) is 0 Å². The molecule has 0 unspecified atom stereocenters. The number of esters is 1. The van der Waals surface area contributed by atoms with Gasteiger partial charge in [0.1, 0.15) is 0 Å². The fraction of sp³-hybridized carbons (Fsp3) is 0.391. The van der Waals surface area contributed by atoms with Crippen LogP contribution < -0.4 is 5.32 Å². The summed E-state index contributed by atoms with van der Waals surface area (Å²) in [5.74, 6) is -0.421. The fourth-order valence-electron chi connectivity index (χ4n) is 3.67. The maximum Gasteiger partial charge on any atom is 0.338 e. The molecule has 1 aliphatic rings. The highest BCUT2D eigenvalue weighted by molar-refractivity contribution is 7.89. The number of piperidine rings is 1. The molecule has 2 aromatic rings. The van der Waals surface area contributed by atoms with E-state index in [2.05, 4.69) is 12.2 Å². The number of hydrogen-bond donors (Lipinski definition) is 1. The van der Waals surface area contributed by atoms with Crippen molar-refractivity contribution in [2.24, 2.45) is 5.92 Å². The normalized spacial score (nSPS) is 15.5. The van der Waals surface area contributed by atoms with Gasteiger partial charge in [0.05, 0.1) is 17.6 Å². The molecule has 31 heavy (non-hydrogen) atoms. The molecule has 0 bridgehead atoms. The standard InChI is InChI=1S/C23H28N2O5S/c1-15-10-12-25(13-11-15)31(28,29)18-9-8-16(2)20(14-18)22(26)24-21-7-5-6-19(17(21)3)23(27)30-4/h5-9,14-15H,10-13H2,1-4H3,(H,24,26). The van der Waals surface area contributed by atoms with Gasteiger partial charge in [0.2, 0.25) is 10.0 Å². The van der Waals surface area contributed by atoms with Crippen LogP contribution in [0.3, 0.4) is 0 Å². The Labute approximate surface area is 183 Å². The van der Waals surface area contributed by atoms with Gasteiger partial charge >= 0.3 is 5.97 Å². The Balaban J connectivity index is 1.89. The molecule has 166 valence electrons. The van der Waals surface area contributed by atoms with E-state index < -0.39 is 21.9 Å². The number of amides is 1. The Kier molecular flexibility index (Phi) is 6.81. The van der Waals surface area contributed by atoms with Gasteiger partial charge in [-0.3, -0.25) is 4.79 Å². The minimum absolute atomic E-state index is 0.109. The van der Waals surface area contributed by atoms with Gasteiger partial charge in [-0.15, -0.1) is 0 Å². The average Bonchev–Trinajstić information content (AvgIpc) is 2.75. The van der Waals surface area contributed by atoms with E-state index in [9.17, 15) is 18.0 Å². The van der Waals surface area contributed by atoms with Crippen molar-refractivity contribution in [1.82, 2.24) is 4.31 Å². The first-order valence-corrected chi connectivity index (χ1v) is 11.7. The summed E-state index contributed by atoms with van der Waals surface area (Å²) in [6.07, 6.45) is 1.66. The smallest absolute Gasteiger partial charge is 0.338 e. The summed E-state index contributed by atoms with van der Waals surface area (Å²) in [6.45, 7) is 6.56. The maximum absolute atomic E-state index is 13.1. The van der Waals surface area contributed by atoms with Gasteiger partial charge in [0.25, 0.3) is 5.91 Å². The summed E-state index contributed by atoms with van der Waals surface area (Å²) in [7, 11) is -2.37. The second-order valence-electron chi connectivity index (χ2n) is 7.99. The second-order valence-corrected chi connectivity index (χ2v) is 9.93. The molecule has 3 rings (SSSR count). The zero-order valence-electron chi connectivity index (χ0n) is 18.3. The van der Waals surface area contributed by atoms with Gasteiger partial charge < -0.3 is 10.1 Å². The number of nitrogens with zero attached hydrogens (tertiary/aromatic N) is 1. The number of aryl methyl sites for hydroxylation is 1. The van der Waals surface area contributed by atoms with Crippen LogP contribution in [0.5, 0.6) is 0 Å². The van der Waals surface area contributed by atoms with Crippen molar-refractivity contribution >= 4 is 27.6 Å². The lowest BCUT2D eigenvalue weighted by Crippen LogP contribution is -2.38. The van der Waals surface area contributed by atoms with Crippen molar-refractivity contribution in [2.45, 2.75) is 38.5 Å². The lowest BCUT2D eigenvalue weighted by molar-refractivity contribution is 0.0599. The zero-order chi connectivity index (χ0) is 22.8. The third-order valence-electron chi connectivity index (χ3n) is 5.82. The van der Waals surface area contributed by atoms with Gasteiger partial charge in [-0.1, -0.05) is 19.1 Å². The SMILES string of the molecule is COC(=O)c1cccc(NC(=O)c2cc(S(=O)(=O)N3CCC(C)CC3)ccc2C)c1C. The van der Waals surface area contributed by atoms with Crippen molar-refractivity contribution in [3.05, 3.63) is 58.7 Å². The molecular formula is C23H28N2O5S. The number of nitrogens with one attached hydrogen (secondary N) is 1. The number of sulfonamides is 1. The van der Waals surface area contributed by atoms with Crippen molar-refractivity contribution in [3.8, 4) is 0 Å². The number of rotatable bonds is 5. The summed E-state index contributed by atoms with van der Waals surface area (Å²) in [5.41, 5.74) is 2.32. The number of anilines is 1. The summed E-state index contributed by atoms with van der Waals surface area (Å²) >= 11 is 0. The van der Waals surface area contributed by atoms with E-state index in [0.717, 1.165) is 12.8 Å². The molecular weight excluding hydrogens is 416 g/mol. The van der Waals surface area contributed by atoms with Gasteiger partial charge in [0.15, 0.2) is 0 Å². The van der Waals surface area contributed by atoms with Gasteiger partial charge in [0, 0.05) is 24.3 Å². The van der Waals surface area contributed by atoms with E-state index in [1.54, 1.807) is 44.2 Å². The van der Waals surface area contributed by atoms with Crippen LogP contribution in [0.4, 0.5) is 5.69 Å². The number of ether oxygens (including phenoxy) is 1. The van der Waals surface area contributed by atoms with Crippen molar-refractivity contribution in [1.29, 1.82) is 0 Å². The first kappa shape index (κ1) is 23.0. The molecule has 0 spiro atoms. The Hall–Kier alpha value is -2.71. The lowest BCUT2D eigenvalue weighted by atomic mass is 10.0. The second kappa shape index (κ2) is 9.20.